The number of esters is 1. The van der Waals surface area contributed by atoms with Gasteiger partial charge in [0, 0.05) is 17.6 Å². The minimum atomic E-state index is -0.583. The number of rotatable bonds is 2. The first kappa shape index (κ1) is 11.7. The summed E-state index contributed by atoms with van der Waals surface area (Å²) in [6.45, 7) is 0. The number of halogens is 1. The number of para-hydroxylation sites is 1. The average Bonchev–Trinajstić information content (AvgIpc) is 2.82. The van der Waals surface area contributed by atoms with Gasteiger partial charge >= 0.3 is 5.97 Å². The van der Waals surface area contributed by atoms with Crippen molar-refractivity contribution < 1.29 is 13.9 Å². The van der Waals surface area contributed by atoms with Crippen LogP contribution >= 0.6 is 11.6 Å². The van der Waals surface area contributed by atoms with Crippen molar-refractivity contribution in [1.29, 1.82) is 0 Å². The normalized spacial score (nSPS) is 10.6. The van der Waals surface area contributed by atoms with E-state index >= 15 is 0 Å². The highest BCUT2D eigenvalue weighted by Crippen LogP contribution is 2.21. The predicted molar refractivity (Wildman–Crippen MR) is 70.4 cm³/mol. The molecule has 1 aromatic carbocycles. The zero-order valence-corrected chi connectivity index (χ0v) is 10.4. The smallest absolute Gasteiger partial charge is 0.379 e. The van der Waals surface area contributed by atoms with Crippen LogP contribution in [0.15, 0.2) is 53.2 Å². The van der Waals surface area contributed by atoms with Crippen molar-refractivity contribution in [3.8, 4) is 5.75 Å². The molecule has 3 aromatic rings. The molecule has 0 bridgehead atoms. The molecule has 0 amide bonds. The van der Waals surface area contributed by atoms with Gasteiger partial charge in [-0.3, -0.25) is 4.98 Å². The molecular formula is C14H8ClNO3. The molecule has 0 aliphatic rings. The Kier molecular flexibility index (Phi) is 2.93. The molecule has 0 atom stereocenters. The Hall–Kier alpha value is -2.33. The second kappa shape index (κ2) is 4.74. The summed E-state index contributed by atoms with van der Waals surface area (Å²) in [4.78, 5) is 15.7. The van der Waals surface area contributed by atoms with Crippen molar-refractivity contribution in [1.82, 2.24) is 4.98 Å². The van der Waals surface area contributed by atoms with E-state index < -0.39 is 5.97 Å². The largest absolute Gasteiger partial charge is 0.449 e. The second-order valence-corrected chi connectivity index (χ2v) is 4.31. The number of ether oxygens (including phenoxy) is 1. The van der Waals surface area contributed by atoms with Crippen molar-refractivity contribution in [3.63, 3.8) is 0 Å². The van der Waals surface area contributed by atoms with Gasteiger partial charge in [-0.15, -0.1) is 0 Å². The fourth-order valence-electron chi connectivity index (χ4n) is 1.69. The van der Waals surface area contributed by atoms with Crippen LogP contribution in [-0.2, 0) is 0 Å². The standard InChI is InChI=1S/C14H8ClNO3/c15-10-6-11(8-16-7-10)18-14(17)13-5-9-3-1-2-4-12(9)19-13/h1-8H. The van der Waals surface area contributed by atoms with Gasteiger partial charge in [-0.05, 0) is 12.1 Å². The van der Waals surface area contributed by atoms with Crippen molar-refractivity contribution >= 4 is 28.5 Å². The van der Waals surface area contributed by atoms with Crippen molar-refractivity contribution in [3.05, 3.63) is 59.6 Å². The van der Waals surface area contributed by atoms with Gasteiger partial charge in [-0.2, -0.15) is 0 Å². The van der Waals surface area contributed by atoms with E-state index in [0.717, 1.165) is 5.39 Å². The number of nitrogens with zero attached hydrogens (tertiary/aromatic N) is 1. The molecule has 5 heteroatoms. The van der Waals surface area contributed by atoms with Crippen molar-refractivity contribution in [2.45, 2.75) is 0 Å². The lowest BCUT2D eigenvalue weighted by Crippen LogP contribution is -2.07. The molecule has 4 nitrogen and oxygen atoms in total. The molecule has 0 aliphatic carbocycles. The van der Waals surface area contributed by atoms with Crippen LogP contribution in [0.5, 0.6) is 5.75 Å². The van der Waals surface area contributed by atoms with E-state index in [2.05, 4.69) is 4.98 Å². The summed E-state index contributed by atoms with van der Waals surface area (Å²) in [6, 6.07) is 10.5. The quantitative estimate of drug-likeness (QED) is 0.668. The number of hydrogen-bond acceptors (Lipinski definition) is 4. The molecule has 3 rings (SSSR count). The van der Waals surface area contributed by atoms with Gasteiger partial charge < -0.3 is 9.15 Å². The van der Waals surface area contributed by atoms with E-state index in [1.54, 1.807) is 12.1 Å². The first-order chi connectivity index (χ1) is 9.22. The van der Waals surface area contributed by atoms with E-state index in [0.29, 0.717) is 10.6 Å². The third-order valence-electron chi connectivity index (χ3n) is 2.52. The number of benzene rings is 1. The molecule has 19 heavy (non-hydrogen) atoms. The first-order valence-corrected chi connectivity index (χ1v) is 5.91. The van der Waals surface area contributed by atoms with E-state index in [-0.39, 0.29) is 11.5 Å². The number of pyridine rings is 1. The maximum Gasteiger partial charge on any atom is 0.379 e. The number of carbonyl (C=O) groups excluding carboxylic acids is 1. The van der Waals surface area contributed by atoms with Crippen LogP contribution in [0.25, 0.3) is 11.0 Å². The van der Waals surface area contributed by atoms with E-state index in [1.807, 2.05) is 18.2 Å². The first-order valence-electron chi connectivity index (χ1n) is 5.54. The van der Waals surface area contributed by atoms with Gasteiger partial charge in [0.2, 0.25) is 5.76 Å². The summed E-state index contributed by atoms with van der Waals surface area (Å²) in [6.07, 6.45) is 2.87. The van der Waals surface area contributed by atoms with Crippen molar-refractivity contribution in [2.75, 3.05) is 0 Å². The van der Waals surface area contributed by atoms with Gasteiger partial charge in [-0.1, -0.05) is 29.8 Å². The van der Waals surface area contributed by atoms with Gasteiger partial charge in [0.15, 0.2) is 5.75 Å². The van der Waals surface area contributed by atoms with Crippen LogP contribution < -0.4 is 4.74 Å². The SMILES string of the molecule is O=C(Oc1cncc(Cl)c1)c1cc2ccccc2o1. The lowest BCUT2D eigenvalue weighted by molar-refractivity contribution is 0.0703. The fraction of sp³-hybridized carbons (Fsp3) is 0. The Balaban J connectivity index is 1.87. The average molecular weight is 274 g/mol. The molecule has 0 fully saturated rings. The number of carbonyl (C=O) groups is 1. The molecule has 94 valence electrons. The highest BCUT2D eigenvalue weighted by molar-refractivity contribution is 6.30. The van der Waals surface area contributed by atoms with Crippen LogP contribution in [0.4, 0.5) is 0 Å². The summed E-state index contributed by atoms with van der Waals surface area (Å²) in [5.41, 5.74) is 0.638. The number of furan rings is 1. The number of aromatic nitrogens is 1. The highest BCUT2D eigenvalue weighted by Gasteiger charge is 2.14. The lowest BCUT2D eigenvalue weighted by atomic mass is 10.2. The molecule has 0 N–H and O–H groups in total. The van der Waals surface area contributed by atoms with E-state index in [1.165, 1.54) is 18.5 Å². The number of hydrogen-bond donors (Lipinski definition) is 0. The summed E-state index contributed by atoms with van der Waals surface area (Å²) in [5.74, 6) is -0.167. The summed E-state index contributed by atoms with van der Waals surface area (Å²) < 4.78 is 10.5. The van der Waals surface area contributed by atoms with Gasteiger partial charge in [0.1, 0.15) is 5.58 Å². The Morgan fingerprint density at radius 1 is 1.21 bits per heavy atom. The molecule has 0 unspecified atom stereocenters. The molecule has 0 saturated heterocycles. The van der Waals surface area contributed by atoms with E-state index in [9.17, 15) is 4.79 Å². The molecule has 0 aliphatic heterocycles. The Morgan fingerprint density at radius 3 is 2.84 bits per heavy atom. The van der Waals surface area contributed by atoms with Crippen LogP contribution in [0, 0.1) is 0 Å². The van der Waals surface area contributed by atoms with Crippen LogP contribution in [-0.4, -0.2) is 11.0 Å². The highest BCUT2D eigenvalue weighted by atomic mass is 35.5. The second-order valence-electron chi connectivity index (χ2n) is 3.88. The van der Waals surface area contributed by atoms with E-state index in [4.69, 9.17) is 20.8 Å². The minimum absolute atomic E-state index is 0.140. The minimum Gasteiger partial charge on any atom is -0.449 e. The molecule has 2 heterocycles. The molecule has 0 radical (unpaired) electrons. The van der Waals surface area contributed by atoms with Crippen LogP contribution in [0.3, 0.4) is 0 Å². The summed E-state index contributed by atoms with van der Waals surface area (Å²) in [7, 11) is 0. The molecule has 2 aromatic heterocycles. The lowest BCUT2D eigenvalue weighted by Gasteiger charge is -2.01. The Labute approximate surface area is 113 Å². The van der Waals surface area contributed by atoms with Gasteiger partial charge in [0.25, 0.3) is 0 Å². The Morgan fingerprint density at radius 2 is 2.05 bits per heavy atom. The maximum atomic E-state index is 11.9. The molecule has 0 spiro atoms. The fourth-order valence-corrected chi connectivity index (χ4v) is 1.85. The zero-order chi connectivity index (χ0) is 13.2. The third kappa shape index (κ3) is 2.44. The predicted octanol–water partition coefficient (Wildman–Crippen LogP) is 3.70. The molecule has 0 saturated carbocycles. The van der Waals surface area contributed by atoms with Crippen LogP contribution in [0.2, 0.25) is 5.02 Å². The zero-order valence-electron chi connectivity index (χ0n) is 9.67. The monoisotopic (exact) mass is 273 g/mol. The van der Waals surface area contributed by atoms with Crippen LogP contribution in [0.1, 0.15) is 10.6 Å². The Bertz CT molecular complexity index is 718. The summed E-state index contributed by atoms with van der Waals surface area (Å²) in [5, 5.41) is 1.24. The van der Waals surface area contributed by atoms with Crippen molar-refractivity contribution in [2.24, 2.45) is 0 Å². The van der Waals surface area contributed by atoms with Gasteiger partial charge in [-0.25, -0.2) is 4.79 Å². The molecular weight excluding hydrogens is 266 g/mol. The summed E-state index contributed by atoms with van der Waals surface area (Å²) >= 11 is 5.76. The maximum absolute atomic E-state index is 11.9. The number of fused-ring (bicyclic) bond motifs is 1. The third-order valence-corrected chi connectivity index (χ3v) is 2.72. The topological polar surface area (TPSA) is 52.3 Å². The van der Waals surface area contributed by atoms with Gasteiger partial charge in [0.05, 0.1) is 11.2 Å².